The average Bonchev–Trinajstić information content (AvgIpc) is 2.29. The first-order valence-corrected chi connectivity index (χ1v) is 6.65. The molecule has 0 N–H and O–H groups in total. The molecule has 0 radical (unpaired) electrons. The van der Waals surface area contributed by atoms with Crippen molar-refractivity contribution in [2.24, 2.45) is 0 Å². The zero-order valence-corrected chi connectivity index (χ0v) is 10.8. The molecule has 17 heavy (non-hydrogen) atoms. The van der Waals surface area contributed by atoms with Gasteiger partial charge in [-0.05, 0) is 18.1 Å². The monoisotopic (exact) mass is 258 g/mol. The van der Waals surface area contributed by atoms with Gasteiger partial charge in [-0.1, -0.05) is 19.9 Å². The number of ketones is 1. The molecular weight excluding hydrogens is 242 g/mol. The largest absolute Gasteiger partial charge is 0.298 e. The second kappa shape index (κ2) is 6.74. The molecule has 0 aliphatic carbocycles. The Bertz CT molecular complexity index is 393. The van der Waals surface area contributed by atoms with Gasteiger partial charge in [0.2, 0.25) is 0 Å². The van der Waals surface area contributed by atoms with Gasteiger partial charge >= 0.3 is 0 Å². The van der Waals surface area contributed by atoms with Crippen molar-refractivity contribution >= 4 is 17.5 Å². The summed E-state index contributed by atoms with van der Waals surface area (Å²) in [4.78, 5) is 11.6. The number of hydrogen-bond donors (Lipinski definition) is 0. The number of halogens is 2. The van der Waals surface area contributed by atoms with Crippen LogP contribution < -0.4 is 0 Å². The fraction of sp³-hybridized carbons (Fsp3) is 0.462. The normalized spacial score (nSPS) is 12.5. The Labute approximate surface area is 105 Å². The predicted octanol–water partition coefficient (Wildman–Crippen LogP) is 3.61. The Morgan fingerprint density at radius 1 is 1.41 bits per heavy atom. The summed E-state index contributed by atoms with van der Waals surface area (Å²) in [5.74, 6) is -0.911. The Morgan fingerprint density at radius 2 is 2.12 bits per heavy atom. The Hall–Kier alpha value is -0.900. The number of carbonyl (C=O) groups is 1. The Kier molecular flexibility index (Phi) is 5.62. The standard InChI is InChI=1S/C13H16F2OS/c1-3-9(2)17-8-12(16)6-10-4-5-11(14)7-13(10)15/h4-5,7,9H,3,6,8H2,1-2H3. The summed E-state index contributed by atoms with van der Waals surface area (Å²) in [7, 11) is 0. The van der Waals surface area contributed by atoms with Gasteiger partial charge in [-0.25, -0.2) is 8.78 Å². The average molecular weight is 258 g/mol. The van der Waals surface area contributed by atoms with Crippen LogP contribution in [0.5, 0.6) is 0 Å². The van der Waals surface area contributed by atoms with Gasteiger partial charge in [-0.3, -0.25) is 4.79 Å². The molecule has 94 valence electrons. The fourth-order valence-corrected chi connectivity index (χ4v) is 2.09. The van der Waals surface area contributed by atoms with Crippen LogP contribution in [0.15, 0.2) is 18.2 Å². The molecule has 0 bridgehead atoms. The third-order valence-electron chi connectivity index (χ3n) is 2.51. The van der Waals surface area contributed by atoms with Crippen LogP contribution in [0.2, 0.25) is 0 Å². The van der Waals surface area contributed by atoms with Crippen molar-refractivity contribution in [3.05, 3.63) is 35.4 Å². The van der Waals surface area contributed by atoms with Crippen LogP contribution in [-0.4, -0.2) is 16.8 Å². The maximum Gasteiger partial charge on any atom is 0.147 e. The predicted molar refractivity (Wildman–Crippen MR) is 67.3 cm³/mol. The van der Waals surface area contributed by atoms with E-state index in [0.29, 0.717) is 11.0 Å². The molecule has 0 aliphatic rings. The van der Waals surface area contributed by atoms with Crippen LogP contribution >= 0.6 is 11.8 Å². The summed E-state index contributed by atoms with van der Waals surface area (Å²) < 4.78 is 25.9. The van der Waals surface area contributed by atoms with Gasteiger partial charge in [0, 0.05) is 17.7 Å². The molecule has 0 saturated carbocycles. The lowest BCUT2D eigenvalue weighted by Crippen LogP contribution is -2.09. The van der Waals surface area contributed by atoms with E-state index in [4.69, 9.17) is 0 Å². The SMILES string of the molecule is CCC(C)SCC(=O)Cc1ccc(F)cc1F. The van der Waals surface area contributed by atoms with E-state index < -0.39 is 11.6 Å². The quantitative estimate of drug-likeness (QED) is 0.775. The van der Waals surface area contributed by atoms with E-state index in [1.807, 2.05) is 0 Å². The van der Waals surface area contributed by atoms with Crippen molar-refractivity contribution in [3.63, 3.8) is 0 Å². The van der Waals surface area contributed by atoms with E-state index in [-0.39, 0.29) is 17.8 Å². The van der Waals surface area contributed by atoms with E-state index in [1.165, 1.54) is 12.1 Å². The number of benzene rings is 1. The van der Waals surface area contributed by atoms with Crippen molar-refractivity contribution in [2.45, 2.75) is 31.9 Å². The molecule has 0 aliphatic heterocycles. The highest BCUT2D eigenvalue weighted by atomic mass is 32.2. The van der Waals surface area contributed by atoms with E-state index in [9.17, 15) is 13.6 Å². The molecule has 0 spiro atoms. The van der Waals surface area contributed by atoms with E-state index in [0.717, 1.165) is 12.5 Å². The second-order valence-corrected chi connectivity index (χ2v) is 5.41. The van der Waals surface area contributed by atoms with Crippen molar-refractivity contribution < 1.29 is 13.6 Å². The maximum absolute atomic E-state index is 13.3. The lowest BCUT2D eigenvalue weighted by atomic mass is 10.1. The van der Waals surface area contributed by atoms with Crippen LogP contribution in [0.4, 0.5) is 8.78 Å². The van der Waals surface area contributed by atoms with Gasteiger partial charge in [-0.15, -0.1) is 0 Å². The third-order valence-corrected chi connectivity index (χ3v) is 3.90. The minimum atomic E-state index is -0.646. The van der Waals surface area contributed by atoms with E-state index >= 15 is 0 Å². The molecule has 0 heterocycles. The summed E-state index contributed by atoms with van der Waals surface area (Å²) >= 11 is 1.57. The van der Waals surface area contributed by atoms with Crippen LogP contribution in [0.3, 0.4) is 0 Å². The number of carbonyl (C=O) groups excluding carboxylic acids is 1. The van der Waals surface area contributed by atoms with Crippen molar-refractivity contribution in [1.29, 1.82) is 0 Å². The zero-order chi connectivity index (χ0) is 12.8. The van der Waals surface area contributed by atoms with Gasteiger partial charge in [-0.2, -0.15) is 11.8 Å². The van der Waals surface area contributed by atoms with Crippen molar-refractivity contribution in [3.8, 4) is 0 Å². The van der Waals surface area contributed by atoms with Crippen LogP contribution in [-0.2, 0) is 11.2 Å². The first-order chi connectivity index (χ1) is 8.02. The molecule has 1 aromatic rings. The highest BCUT2D eigenvalue weighted by Gasteiger charge is 2.10. The highest BCUT2D eigenvalue weighted by Crippen LogP contribution is 2.16. The summed E-state index contributed by atoms with van der Waals surface area (Å²) in [5, 5.41) is 0.428. The Morgan fingerprint density at radius 3 is 2.71 bits per heavy atom. The molecule has 0 amide bonds. The van der Waals surface area contributed by atoms with Crippen LogP contribution in [0, 0.1) is 11.6 Å². The molecule has 1 nitrogen and oxygen atoms in total. The van der Waals surface area contributed by atoms with E-state index in [1.54, 1.807) is 11.8 Å². The molecule has 1 aromatic carbocycles. The summed E-state index contributed by atoms with van der Waals surface area (Å²) in [6.07, 6.45) is 1.04. The minimum absolute atomic E-state index is 0.0270. The van der Waals surface area contributed by atoms with Gasteiger partial charge in [0.25, 0.3) is 0 Å². The lowest BCUT2D eigenvalue weighted by Gasteiger charge is -2.07. The number of thioether (sulfide) groups is 1. The van der Waals surface area contributed by atoms with Crippen molar-refractivity contribution in [1.82, 2.24) is 0 Å². The van der Waals surface area contributed by atoms with E-state index in [2.05, 4.69) is 13.8 Å². The molecule has 1 rings (SSSR count). The second-order valence-electron chi connectivity index (χ2n) is 3.98. The van der Waals surface area contributed by atoms with Crippen molar-refractivity contribution in [2.75, 3.05) is 5.75 Å². The molecule has 0 fully saturated rings. The van der Waals surface area contributed by atoms with Gasteiger partial charge in [0.1, 0.15) is 17.4 Å². The number of rotatable bonds is 6. The summed E-state index contributed by atoms with van der Waals surface area (Å²) in [6.45, 7) is 4.11. The molecule has 1 atom stereocenters. The zero-order valence-electron chi connectivity index (χ0n) is 10.0. The summed E-state index contributed by atoms with van der Waals surface area (Å²) in [5.41, 5.74) is 0.265. The number of Topliss-reactive ketones (excluding diaryl/α,β-unsaturated/α-hetero) is 1. The fourth-order valence-electron chi connectivity index (χ4n) is 1.28. The molecule has 0 saturated heterocycles. The highest BCUT2D eigenvalue weighted by molar-refractivity contribution is 8.00. The van der Waals surface area contributed by atoms with Crippen LogP contribution in [0.25, 0.3) is 0 Å². The minimum Gasteiger partial charge on any atom is -0.298 e. The van der Waals surface area contributed by atoms with Gasteiger partial charge < -0.3 is 0 Å². The summed E-state index contributed by atoms with van der Waals surface area (Å²) in [6, 6.07) is 3.31. The number of hydrogen-bond acceptors (Lipinski definition) is 2. The first-order valence-electron chi connectivity index (χ1n) is 5.60. The lowest BCUT2D eigenvalue weighted by molar-refractivity contribution is -0.116. The third kappa shape index (κ3) is 4.86. The molecule has 1 unspecified atom stereocenters. The van der Waals surface area contributed by atoms with Gasteiger partial charge in [0.05, 0.1) is 5.75 Å². The van der Waals surface area contributed by atoms with Gasteiger partial charge in [0.15, 0.2) is 0 Å². The maximum atomic E-state index is 13.3. The molecule has 0 aromatic heterocycles. The van der Waals surface area contributed by atoms with Crippen LogP contribution in [0.1, 0.15) is 25.8 Å². The topological polar surface area (TPSA) is 17.1 Å². The molecular formula is C13H16F2OS. The molecule has 4 heteroatoms. The smallest absolute Gasteiger partial charge is 0.147 e. The first kappa shape index (κ1) is 14.2. The Balaban J connectivity index is 2.50.